The van der Waals surface area contributed by atoms with Crippen molar-refractivity contribution in [2.45, 2.75) is 31.9 Å². The highest BCUT2D eigenvalue weighted by molar-refractivity contribution is 7.12. The summed E-state index contributed by atoms with van der Waals surface area (Å²) >= 11 is 1.28. The van der Waals surface area contributed by atoms with Crippen molar-refractivity contribution in [1.29, 1.82) is 0 Å². The number of amides is 3. The minimum Gasteiger partial charge on any atom is -0.493 e. The highest BCUT2D eigenvalue weighted by atomic mass is 32.1. The summed E-state index contributed by atoms with van der Waals surface area (Å²) in [6.45, 7) is 2.60. The van der Waals surface area contributed by atoms with Gasteiger partial charge in [-0.15, -0.1) is 11.3 Å². The Balaban J connectivity index is 1.71. The molecule has 0 bridgehead atoms. The number of nitrogens with zero attached hydrogens (tertiary/aromatic N) is 1. The first kappa shape index (κ1) is 28.1. The van der Waals surface area contributed by atoms with E-state index >= 15 is 0 Å². The van der Waals surface area contributed by atoms with Crippen LogP contribution in [0.25, 0.3) is 0 Å². The Morgan fingerprint density at radius 1 is 1.05 bits per heavy atom. The fourth-order valence-electron chi connectivity index (χ4n) is 4.51. The summed E-state index contributed by atoms with van der Waals surface area (Å²) in [5, 5.41) is 7.47. The van der Waals surface area contributed by atoms with Crippen LogP contribution in [0.1, 0.15) is 39.7 Å². The van der Waals surface area contributed by atoms with Gasteiger partial charge in [0.1, 0.15) is 6.04 Å². The van der Waals surface area contributed by atoms with Crippen molar-refractivity contribution in [3.05, 3.63) is 76.0 Å². The van der Waals surface area contributed by atoms with Gasteiger partial charge < -0.3 is 24.8 Å². The molecule has 10 heteroatoms. The summed E-state index contributed by atoms with van der Waals surface area (Å²) < 4.78 is 16.6. The number of methoxy groups -OCH3 is 2. The number of carbonyl (C=O) groups excluding carboxylic acids is 3. The van der Waals surface area contributed by atoms with Crippen LogP contribution in [0.3, 0.4) is 0 Å². The fourth-order valence-corrected chi connectivity index (χ4v) is 5.15. The minimum atomic E-state index is -1.06. The van der Waals surface area contributed by atoms with Crippen molar-refractivity contribution in [2.75, 3.05) is 38.8 Å². The van der Waals surface area contributed by atoms with Crippen molar-refractivity contribution in [1.82, 2.24) is 10.6 Å². The average Bonchev–Trinajstić information content (AvgIpc) is 3.68. The second-order valence-corrected chi connectivity index (χ2v) is 10.1. The summed E-state index contributed by atoms with van der Waals surface area (Å²) in [4.78, 5) is 42.2. The number of ether oxygens (including phenoxy) is 3. The number of aryl methyl sites for hydroxylation is 1. The summed E-state index contributed by atoms with van der Waals surface area (Å²) in [5.41, 5.74) is 1.97. The van der Waals surface area contributed by atoms with Crippen LogP contribution in [0.15, 0.2) is 60.0 Å². The average molecular weight is 552 g/mol. The molecule has 1 aliphatic rings. The van der Waals surface area contributed by atoms with Gasteiger partial charge in [-0.25, -0.2) is 0 Å². The van der Waals surface area contributed by atoms with Crippen LogP contribution in [0.5, 0.6) is 11.5 Å². The van der Waals surface area contributed by atoms with Gasteiger partial charge in [-0.05, 0) is 66.6 Å². The molecule has 3 amide bonds. The molecule has 0 spiro atoms. The molecule has 2 N–H and O–H groups in total. The van der Waals surface area contributed by atoms with E-state index in [9.17, 15) is 14.4 Å². The van der Waals surface area contributed by atoms with E-state index in [2.05, 4.69) is 10.6 Å². The van der Waals surface area contributed by atoms with Gasteiger partial charge in [0.05, 0.1) is 31.7 Å². The van der Waals surface area contributed by atoms with Crippen molar-refractivity contribution in [2.24, 2.45) is 0 Å². The number of carbonyl (C=O) groups is 3. The number of thiophene rings is 1. The van der Waals surface area contributed by atoms with E-state index in [1.807, 2.05) is 25.1 Å². The van der Waals surface area contributed by atoms with Gasteiger partial charge in [0, 0.05) is 18.8 Å². The van der Waals surface area contributed by atoms with Crippen molar-refractivity contribution in [3.8, 4) is 11.5 Å². The maximum atomic E-state index is 13.9. The first-order valence-corrected chi connectivity index (χ1v) is 13.6. The Morgan fingerprint density at radius 2 is 1.87 bits per heavy atom. The number of benzene rings is 2. The number of nitrogens with one attached hydrogen (secondary N) is 2. The van der Waals surface area contributed by atoms with Gasteiger partial charge in [-0.2, -0.15) is 0 Å². The van der Waals surface area contributed by atoms with Crippen LogP contribution >= 0.6 is 11.3 Å². The monoisotopic (exact) mass is 551 g/mol. The Bertz CT molecular complexity index is 1290. The molecule has 1 aromatic heterocycles. The van der Waals surface area contributed by atoms with E-state index in [1.54, 1.807) is 41.8 Å². The van der Waals surface area contributed by atoms with Gasteiger partial charge in [0.2, 0.25) is 11.8 Å². The van der Waals surface area contributed by atoms with E-state index in [1.165, 1.54) is 30.5 Å². The lowest BCUT2D eigenvalue weighted by Crippen LogP contribution is -2.48. The smallest absolute Gasteiger partial charge is 0.261 e. The summed E-state index contributed by atoms with van der Waals surface area (Å²) in [6.07, 6.45) is 1.72. The first-order chi connectivity index (χ1) is 18.9. The van der Waals surface area contributed by atoms with Gasteiger partial charge in [0.25, 0.3) is 5.91 Å². The molecule has 1 fully saturated rings. The molecule has 0 saturated carbocycles. The second-order valence-electron chi connectivity index (χ2n) is 9.16. The molecule has 9 nitrogen and oxygen atoms in total. The Kier molecular flexibility index (Phi) is 9.56. The van der Waals surface area contributed by atoms with Crippen LogP contribution in [0.2, 0.25) is 0 Å². The fraction of sp³-hybridized carbons (Fsp3) is 0.345. The first-order valence-electron chi connectivity index (χ1n) is 12.7. The molecule has 3 aromatic rings. The van der Waals surface area contributed by atoms with E-state index in [4.69, 9.17) is 14.2 Å². The molecule has 2 heterocycles. The predicted octanol–water partition coefficient (Wildman–Crippen LogP) is 3.87. The predicted molar refractivity (Wildman–Crippen MR) is 150 cm³/mol. The van der Waals surface area contributed by atoms with Gasteiger partial charge in [-0.1, -0.05) is 24.3 Å². The van der Waals surface area contributed by atoms with Crippen molar-refractivity contribution < 1.29 is 28.6 Å². The lowest BCUT2D eigenvalue weighted by atomic mass is 10.0. The summed E-state index contributed by atoms with van der Waals surface area (Å²) in [7, 11) is 3.04. The van der Waals surface area contributed by atoms with Crippen LogP contribution < -0.4 is 25.0 Å². The van der Waals surface area contributed by atoms with Crippen LogP contribution in [0, 0.1) is 6.92 Å². The summed E-state index contributed by atoms with van der Waals surface area (Å²) in [5.74, 6) is -0.256. The van der Waals surface area contributed by atoms with E-state index in [0.717, 1.165) is 18.4 Å². The van der Waals surface area contributed by atoms with Gasteiger partial charge >= 0.3 is 0 Å². The number of rotatable bonds is 11. The molecule has 0 radical (unpaired) electrons. The van der Waals surface area contributed by atoms with E-state index in [0.29, 0.717) is 40.8 Å². The summed E-state index contributed by atoms with van der Waals surface area (Å²) in [6, 6.07) is 14.9. The molecule has 1 aliphatic heterocycles. The normalized spacial score (nSPS) is 15.3. The zero-order valence-corrected chi connectivity index (χ0v) is 23.1. The molecule has 4 rings (SSSR count). The maximum absolute atomic E-state index is 13.9. The topological polar surface area (TPSA) is 106 Å². The Morgan fingerprint density at radius 3 is 2.54 bits per heavy atom. The lowest BCUT2D eigenvalue weighted by molar-refractivity contribution is -0.126. The quantitative estimate of drug-likeness (QED) is 0.375. The molecule has 2 atom stereocenters. The molecular formula is C29H33N3O6S. The lowest BCUT2D eigenvalue weighted by Gasteiger charge is -2.32. The third kappa shape index (κ3) is 6.96. The third-order valence-electron chi connectivity index (χ3n) is 6.45. The van der Waals surface area contributed by atoms with E-state index < -0.39 is 11.9 Å². The van der Waals surface area contributed by atoms with Crippen molar-refractivity contribution in [3.63, 3.8) is 0 Å². The van der Waals surface area contributed by atoms with Crippen LogP contribution in [-0.2, 0) is 14.3 Å². The van der Waals surface area contributed by atoms with Crippen molar-refractivity contribution >= 4 is 34.7 Å². The van der Waals surface area contributed by atoms with Gasteiger partial charge in [-0.3, -0.25) is 19.3 Å². The Labute approximate surface area is 232 Å². The minimum absolute atomic E-state index is 0.0757. The molecule has 39 heavy (non-hydrogen) atoms. The zero-order valence-electron chi connectivity index (χ0n) is 22.3. The largest absolute Gasteiger partial charge is 0.493 e. The highest BCUT2D eigenvalue weighted by Gasteiger charge is 2.34. The molecule has 206 valence electrons. The molecule has 0 unspecified atom stereocenters. The zero-order chi connectivity index (χ0) is 27.8. The maximum Gasteiger partial charge on any atom is 0.261 e. The number of hydrogen-bond donors (Lipinski definition) is 2. The third-order valence-corrected chi connectivity index (χ3v) is 7.32. The Hall–Kier alpha value is -3.89. The van der Waals surface area contributed by atoms with E-state index in [-0.39, 0.29) is 24.5 Å². The standard InChI is InChI=1S/C29H33N3O6S/c1-19-7-4-8-21(15-19)32(26(33)18-31-28(34)25-10-6-14-39-25)27(29(35)30-17-22-9-5-13-38-22)20-11-12-23(36-2)24(16-20)37-3/h4,6-8,10-12,14-16,22,27H,5,9,13,17-18H2,1-3H3,(H,30,35)(H,31,34)/t22-,27-/m1/s1. The van der Waals surface area contributed by atoms with Crippen LogP contribution in [-0.4, -0.2) is 57.7 Å². The highest BCUT2D eigenvalue weighted by Crippen LogP contribution is 2.34. The van der Waals surface area contributed by atoms with Crippen LogP contribution in [0.4, 0.5) is 5.69 Å². The molecule has 0 aliphatic carbocycles. The molecular weight excluding hydrogens is 518 g/mol. The second kappa shape index (κ2) is 13.3. The number of anilines is 1. The SMILES string of the molecule is COc1ccc([C@H](C(=O)NC[C@H]2CCCO2)N(C(=O)CNC(=O)c2cccs2)c2cccc(C)c2)cc1OC. The van der Waals surface area contributed by atoms with Gasteiger partial charge in [0.15, 0.2) is 11.5 Å². The number of hydrogen-bond acceptors (Lipinski definition) is 7. The molecule has 1 saturated heterocycles. The molecule has 2 aromatic carbocycles.